The van der Waals surface area contributed by atoms with E-state index in [1.54, 1.807) is 0 Å². The van der Waals surface area contributed by atoms with Gasteiger partial charge >= 0.3 is 0 Å². The summed E-state index contributed by atoms with van der Waals surface area (Å²) in [6.07, 6.45) is 12.8. The van der Waals surface area contributed by atoms with Crippen molar-refractivity contribution in [1.82, 2.24) is 4.98 Å². The van der Waals surface area contributed by atoms with Crippen LogP contribution in [0.2, 0.25) is 0 Å². The summed E-state index contributed by atoms with van der Waals surface area (Å²) in [5, 5.41) is 0. The number of aryl methyl sites for hydroxylation is 1. The first kappa shape index (κ1) is 14.2. The highest BCUT2D eigenvalue weighted by Gasteiger charge is 2.08. The molecule has 0 aliphatic carbocycles. The summed E-state index contributed by atoms with van der Waals surface area (Å²) < 4.78 is 0. The summed E-state index contributed by atoms with van der Waals surface area (Å²) in [5.74, 6) is 0. The van der Waals surface area contributed by atoms with Gasteiger partial charge in [0.05, 0.1) is 0 Å². The summed E-state index contributed by atoms with van der Waals surface area (Å²) in [5.41, 5.74) is 8.67. The molecule has 1 heterocycles. The fraction of sp³-hybridized carbons (Fsp3) is 0.667. The van der Waals surface area contributed by atoms with Crippen molar-refractivity contribution in [3.63, 3.8) is 0 Å². The van der Waals surface area contributed by atoms with Gasteiger partial charge in [-0.1, -0.05) is 45.4 Å². The Morgan fingerprint density at radius 3 is 2.59 bits per heavy atom. The van der Waals surface area contributed by atoms with Gasteiger partial charge in [-0.15, -0.1) is 0 Å². The van der Waals surface area contributed by atoms with E-state index in [4.69, 9.17) is 5.73 Å². The largest absolute Gasteiger partial charge is 0.324 e. The molecule has 1 rings (SSSR count). The molecule has 17 heavy (non-hydrogen) atoms. The van der Waals surface area contributed by atoms with Gasteiger partial charge in [-0.25, -0.2) is 0 Å². The Balaban J connectivity index is 2.21. The molecule has 0 fully saturated rings. The van der Waals surface area contributed by atoms with Crippen molar-refractivity contribution in [3.8, 4) is 0 Å². The topological polar surface area (TPSA) is 38.9 Å². The van der Waals surface area contributed by atoms with Crippen LogP contribution in [0.4, 0.5) is 0 Å². The number of aromatic nitrogens is 1. The molecule has 1 unspecified atom stereocenters. The average Bonchev–Trinajstić information content (AvgIpc) is 2.34. The zero-order chi connectivity index (χ0) is 12.5. The third-order valence-electron chi connectivity index (χ3n) is 3.35. The Labute approximate surface area is 106 Å². The van der Waals surface area contributed by atoms with Crippen molar-refractivity contribution in [2.75, 3.05) is 0 Å². The monoisotopic (exact) mass is 234 g/mol. The van der Waals surface area contributed by atoms with Crippen LogP contribution in [0.25, 0.3) is 0 Å². The van der Waals surface area contributed by atoms with E-state index < -0.39 is 0 Å². The maximum atomic E-state index is 6.20. The van der Waals surface area contributed by atoms with E-state index in [0.29, 0.717) is 0 Å². The molecule has 2 N–H and O–H groups in total. The van der Waals surface area contributed by atoms with Gasteiger partial charge in [-0.2, -0.15) is 0 Å². The van der Waals surface area contributed by atoms with Gasteiger partial charge in [-0.05, 0) is 30.5 Å². The van der Waals surface area contributed by atoms with E-state index in [0.717, 1.165) is 6.42 Å². The van der Waals surface area contributed by atoms with E-state index in [1.165, 1.54) is 49.7 Å². The summed E-state index contributed by atoms with van der Waals surface area (Å²) in [4.78, 5) is 4.16. The second kappa shape index (κ2) is 8.24. The summed E-state index contributed by atoms with van der Waals surface area (Å²) in [6.45, 7) is 4.36. The molecule has 0 saturated carbocycles. The molecule has 0 spiro atoms. The van der Waals surface area contributed by atoms with Crippen LogP contribution < -0.4 is 5.73 Å². The normalized spacial score (nSPS) is 12.6. The number of pyridine rings is 1. The van der Waals surface area contributed by atoms with E-state index >= 15 is 0 Å². The first-order chi connectivity index (χ1) is 8.25. The van der Waals surface area contributed by atoms with Crippen molar-refractivity contribution < 1.29 is 0 Å². The molecule has 0 amide bonds. The maximum Gasteiger partial charge on any atom is 0.0318 e. The molecule has 1 aromatic rings. The van der Waals surface area contributed by atoms with Crippen LogP contribution in [-0.4, -0.2) is 4.98 Å². The SMILES string of the molecule is CCCCCCCCC(N)c1cnccc1C. The summed E-state index contributed by atoms with van der Waals surface area (Å²) >= 11 is 0. The van der Waals surface area contributed by atoms with Crippen LogP contribution in [0.3, 0.4) is 0 Å². The van der Waals surface area contributed by atoms with E-state index in [-0.39, 0.29) is 6.04 Å². The fourth-order valence-corrected chi connectivity index (χ4v) is 2.16. The standard InChI is InChI=1S/C15H26N2/c1-3-4-5-6-7-8-9-15(16)14-12-17-11-10-13(14)2/h10-12,15H,3-9,16H2,1-2H3. The Morgan fingerprint density at radius 1 is 1.18 bits per heavy atom. The van der Waals surface area contributed by atoms with Gasteiger partial charge in [-0.3, -0.25) is 4.98 Å². The zero-order valence-electron chi connectivity index (χ0n) is 11.3. The van der Waals surface area contributed by atoms with Gasteiger partial charge < -0.3 is 5.73 Å². The second-order valence-electron chi connectivity index (χ2n) is 4.90. The molecule has 96 valence electrons. The Morgan fingerprint density at radius 2 is 1.88 bits per heavy atom. The van der Waals surface area contributed by atoms with Crippen LogP contribution in [0.5, 0.6) is 0 Å². The second-order valence-corrected chi connectivity index (χ2v) is 4.90. The Bertz CT molecular complexity index is 310. The minimum atomic E-state index is 0.162. The minimum absolute atomic E-state index is 0.162. The molecule has 2 heteroatoms. The third kappa shape index (κ3) is 5.31. The highest BCUT2D eigenvalue weighted by atomic mass is 14.7. The minimum Gasteiger partial charge on any atom is -0.324 e. The average molecular weight is 234 g/mol. The molecule has 0 aromatic carbocycles. The van der Waals surface area contributed by atoms with Crippen LogP contribution in [0.15, 0.2) is 18.5 Å². The first-order valence-corrected chi connectivity index (χ1v) is 6.91. The van der Waals surface area contributed by atoms with Gasteiger partial charge in [0.15, 0.2) is 0 Å². The van der Waals surface area contributed by atoms with E-state index in [2.05, 4.69) is 18.8 Å². The highest BCUT2D eigenvalue weighted by Crippen LogP contribution is 2.20. The zero-order valence-corrected chi connectivity index (χ0v) is 11.3. The predicted molar refractivity (Wildman–Crippen MR) is 73.9 cm³/mol. The quantitative estimate of drug-likeness (QED) is 0.686. The number of hydrogen-bond donors (Lipinski definition) is 1. The number of rotatable bonds is 8. The van der Waals surface area contributed by atoms with Crippen molar-refractivity contribution >= 4 is 0 Å². The molecule has 0 radical (unpaired) electrons. The summed E-state index contributed by atoms with van der Waals surface area (Å²) in [6, 6.07) is 2.20. The van der Waals surface area contributed by atoms with Gasteiger partial charge in [0, 0.05) is 18.4 Å². The van der Waals surface area contributed by atoms with Crippen molar-refractivity contribution in [2.24, 2.45) is 5.73 Å². The lowest BCUT2D eigenvalue weighted by Gasteiger charge is -2.13. The summed E-state index contributed by atoms with van der Waals surface area (Å²) in [7, 11) is 0. The highest BCUT2D eigenvalue weighted by molar-refractivity contribution is 5.24. The lowest BCUT2D eigenvalue weighted by molar-refractivity contribution is 0.545. The molecule has 0 aliphatic heterocycles. The third-order valence-corrected chi connectivity index (χ3v) is 3.35. The van der Waals surface area contributed by atoms with Crippen LogP contribution in [-0.2, 0) is 0 Å². The van der Waals surface area contributed by atoms with Gasteiger partial charge in [0.25, 0.3) is 0 Å². The number of hydrogen-bond acceptors (Lipinski definition) is 2. The van der Waals surface area contributed by atoms with Crippen LogP contribution >= 0.6 is 0 Å². The molecule has 0 aliphatic rings. The molecule has 1 atom stereocenters. The van der Waals surface area contributed by atoms with E-state index in [9.17, 15) is 0 Å². The van der Waals surface area contributed by atoms with Crippen LogP contribution in [0.1, 0.15) is 69.0 Å². The van der Waals surface area contributed by atoms with Crippen molar-refractivity contribution in [3.05, 3.63) is 29.6 Å². The Hall–Kier alpha value is -0.890. The lowest BCUT2D eigenvalue weighted by atomic mass is 9.99. The molecular weight excluding hydrogens is 208 g/mol. The van der Waals surface area contributed by atoms with Crippen LogP contribution in [0, 0.1) is 6.92 Å². The fourth-order valence-electron chi connectivity index (χ4n) is 2.16. The number of nitrogens with two attached hydrogens (primary N) is 1. The van der Waals surface area contributed by atoms with Gasteiger partial charge in [0.1, 0.15) is 0 Å². The molecule has 2 nitrogen and oxygen atoms in total. The smallest absolute Gasteiger partial charge is 0.0318 e. The maximum absolute atomic E-state index is 6.20. The first-order valence-electron chi connectivity index (χ1n) is 6.91. The lowest BCUT2D eigenvalue weighted by Crippen LogP contribution is -2.11. The van der Waals surface area contributed by atoms with Crippen molar-refractivity contribution in [2.45, 2.75) is 64.8 Å². The van der Waals surface area contributed by atoms with Gasteiger partial charge in [0.2, 0.25) is 0 Å². The molecule has 0 bridgehead atoms. The number of unbranched alkanes of at least 4 members (excludes halogenated alkanes) is 5. The van der Waals surface area contributed by atoms with E-state index in [1.807, 2.05) is 18.5 Å². The molecular formula is C15H26N2. The molecule has 1 aromatic heterocycles. The number of nitrogens with zero attached hydrogens (tertiary/aromatic N) is 1. The Kier molecular flexibility index (Phi) is 6.87. The van der Waals surface area contributed by atoms with Crippen molar-refractivity contribution in [1.29, 1.82) is 0 Å². The predicted octanol–water partition coefficient (Wildman–Crippen LogP) is 4.14. The molecule has 0 saturated heterocycles.